The van der Waals surface area contributed by atoms with Crippen LogP contribution in [-0.2, 0) is 27.3 Å². The Labute approximate surface area is 170 Å². The number of amides is 1. The summed E-state index contributed by atoms with van der Waals surface area (Å²) in [4.78, 5) is 27.5. The van der Waals surface area contributed by atoms with Gasteiger partial charge in [0.15, 0.2) is 0 Å². The number of aryl methyl sites for hydroxylation is 2. The van der Waals surface area contributed by atoms with Gasteiger partial charge in [0.25, 0.3) is 0 Å². The van der Waals surface area contributed by atoms with Crippen LogP contribution in [0.15, 0.2) is 36.5 Å². The molecule has 0 bridgehead atoms. The molecule has 7 heteroatoms. The van der Waals surface area contributed by atoms with Gasteiger partial charge in [0.1, 0.15) is 5.82 Å². The molecule has 1 amide bonds. The van der Waals surface area contributed by atoms with E-state index in [1.807, 2.05) is 13.0 Å². The van der Waals surface area contributed by atoms with Crippen molar-refractivity contribution in [2.45, 2.75) is 46.1 Å². The summed E-state index contributed by atoms with van der Waals surface area (Å²) in [5, 5.41) is 4.22. The van der Waals surface area contributed by atoms with Crippen LogP contribution in [0.4, 0.5) is 4.39 Å². The van der Waals surface area contributed by atoms with E-state index in [2.05, 4.69) is 5.10 Å². The van der Waals surface area contributed by atoms with Gasteiger partial charge >= 0.3 is 5.97 Å². The van der Waals surface area contributed by atoms with Crippen molar-refractivity contribution in [2.24, 2.45) is 5.41 Å². The fourth-order valence-corrected chi connectivity index (χ4v) is 4.00. The lowest BCUT2D eigenvalue weighted by Crippen LogP contribution is -2.51. The normalized spacial score (nSPS) is 19.2. The molecule has 1 fully saturated rings. The van der Waals surface area contributed by atoms with Crippen molar-refractivity contribution in [3.8, 4) is 0 Å². The summed E-state index contributed by atoms with van der Waals surface area (Å²) in [6.45, 7) is 5.48. The number of piperidine rings is 1. The zero-order chi connectivity index (χ0) is 20.9. The minimum atomic E-state index is -0.802. The van der Waals surface area contributed by atoms with Gasteiger partial charge < -0.3 is 9.64 Å². The number of likely N-dealkylation sites (tertiary alicyclic amines) is 1. The van der Waals surface area contributed by atoms with E-state index in [0.29, 0.717) is 38.9 Å². The molecule has 1 aromatic heterocycles. The van der Waals surface area contributed by atoms with Crippen molar-refractivity contribution >= 4 is 11.9 Å². The minimum absolute atomic E-state index is 0.00683. The standard InChI is InChI=1S/C22H28FN3O3/c1-3-29-21(28)22(15-18-5-7-19(23)8-6-18)11-4-13-25(16-22)20(27)10-14-26-17(2)9-12-24-26/h5-9,12H,3-4,10-11,13-16H2,1-2H3. The molecule has 0 radical (unpaired) electrons. The first-order valence-corrected chi connectivity index (χ1v) is 10.1. The molecule has 3 rings (SSSR count). The molecule has 0 N–H and O–H groups in total. The molecule has 0 saturated carbocycles. The number of nitrogens with zero attached hydrogens (tertiary/aromatic N) is 3. The number of benzene rings is 1. The Hall–Kier alpha value is -2.70. The van der Waals surface area contributed by atoms with Crippen LogP contribution in [0.3, 0.4) is 0 Å². The number of carbonyl (C=O) groups excluding carboxylic acids is 2. The number of rotatable bonds is 7. The highest BCUT2D eigenvalue weighted by atomic mass is 19.1. The van der Waals surface area contributed by atoms with Gasteiger partial charge in [-0.05, 0) is 56.9 Å². The fraction of sp³-hybridized carbons (Fsp3) is 0.500. The molecule has 1 saturated heterocycles. The fourth-order valence-electron chi connectivity index (χ4n) is 4.00. The number of hydrogen-bond acceptors (Lipinski definition) is 4. The summed E-state index contributed by atoms with van der Waals surface area (Å²) in [5.74, 6) is -0.592. The van der Waals surface area contributed by atoms with E-state index in [1.54, 1.807) is 34.8 Å². The van der Waals surface area contributed by atoms with E-state index in [9.17, 15) is 14.0 Å². The molecule has 1 unspecified atom stereocenters. The van der Waals surface area contributed by atoms with Crippen LogP contribution < -0.4 is 0 Å². The van der Waals surface area contributed by atoms with E-state index >= 15 is 0 Å². The van der Waals surface area contributed by atoms with Crippen LogP contribution in [0.2, 0.25) is 0 Å². The van der Waals surface area contributed by atoms with Crippen molar-refractivity contribution < 1.29 is 18.7 Å². The Bertz CT molecular complexity index is 849. The zero-order valence-corrected chi connectivity index (χ0v) is 17.1. The molecule has 156 valence electrons. The Morgan fingerprint density at radius 1 is 1.24 bits per heavy atom. The number of hydrogen-bond donors (Lipinski definition) is 0. The number of aromatic nitrogens is 2. The monoisotopic (exact) mass is 401 g/mol. The van der Waals surface area contributed by atoms with Crippen LogP contribution in [0.5, 0.6) is 0 Å². The summed E-state index contributed by atoms with van der Waals surface area (Å²) >= 11 is 0. The first-order chi connectivity index (χ1) is 13.9. The lowest BCUT2D eigenvalue weighted by atomic mass is 9.75. The molecule has 29 heavy (non-hydrogen) atoms. The predicted molar refractivity (Wildman–Crippen MR) is 107 cm³/mol. The third-order valence-electron chi connectivity index (χ3n) is 5.56. The van der Waals surface area contributed by atoms with E-state index in [4.69, 9.17) is 4.74 Å². The molecule has 0 aliphatic carbocycles. The predicted octanol–water partition coefficient (Wildman–Crippen LogP) is 3.14. The molecule has 1 aliphatic heterocycles. The van der Waals surface area contributed by atoms with Crippen molar-refractivity contribution in [1.82, 2.24) is 14.7 Å². The largest absolute Gasteiger partial charge is 0.466 e. The van der Waals surface area contributed by atoms with Crippen molar-refractivity contribution in [3.63, 3.8) is 0 Å². The Morgan fingerprint density at radius 2 is 2.00 bits per heavy atom. The summed E-state index contributed by atoms with van der Waals surface area (Å²) in [7, 11) is 0. The van der Waals surface area contributed by atoms with E-state index in [0.717, 1.165) is 17.7 Å². The van der Waals surface area contributed by atoms with Gasteiger partial charge in [0.2, 0.25) is 5.91 Å². The average molecular weight is 401 g/mol. The van der Waals surface area contributed by atoms with Crippen molar-refractivity contribution in [3.05, 3.63) is 53.6 Å². The Balaban J connectivity index is 1.73. The van der Waals surface area contributed by atoms with Crippen LogP contribution in [0, 0.1) is 18.2 Å². The summed E-state index contributed by atoms with van der Waals surface area (Å²) in [5.41, 5.74) is 1.07. The molecule has 1 aliphatic rings. The second-order valence-electron chi connectivity index (χ2n) is 7.67. The van der Waals surface area contributed by atoms with Gasteiger partial charge in [-0.15, -0.1) is 0 Å². The molecule has 6 nitrogen and oxygen atoms in total. The highest BCUT2D eigenvalue weighted by Crippen LogP contribution is 2.35. The SMILES string of the molecule is CCOC(=O)C1(Cc2ccc(F)cc2)CCCN(C(=O)CCn2nccc2C)C1. The highest BCUT2D eigenvalue weighted by molar-refractivity contribution is 5.81. The molecule has 1 aromatic carbocycles. The van der Waals surface area contributed by atoms with E-state index in [1.165, 1.54) is 12.1 Å². The lowest BCUT2D eigenvalue weighted by Gasteiger charge is -2.41. The van der Waals surface area contributed by atoms with Gasteiger partial charge in [-0.3, -0.25) is 14.3 Å². The first kappa shape index (κ1) is 21.0. The summed E-state index contributed by atoms with van der Waals surface area (Å²) in [6.07, 6.45) is 3.85. The Morgan fingerprint density at radius 3 is 2.66 bits per heavy atom. The van der Waals surface area contributed by atoms with Gasteiger partial charge in [0, 0.05) is 37.9 Å². The smallest absolute Gasteiger partial charge is 0.314 e. The van der Waals surface area contributed by atoms with Gasteiger partial charge in [-0.25, -0.2) is 4.39 Å². The maximum atomic E-state index is 13.3. The van der Waals surface area contributed by atoms with Crippen molar-refractivity contribution in [1.29, 1.82) is 0 Å². The first-order valence-electron chi connectivity index (χ1n) is 10.1. The number of halogens is 1. The van der Waals surface area contributed by atoms with Gasteiger partial charge in [0.05, 0.1) is 12.0 Å². The van der Waals surface area contributed by atoms with Crippen LogP contribution >= 0.6 is 0 Å². The van der Waals surface area contributed by atoms with E-state index < -0.39 is 5.41 Å². The van der Waals surface area contributed by atoms with Crippen LogP contribution in [0.1, 0.15) is 37.4 Å². The highest BCUT2D eigenvalue weighted by Gasteiger charge is 2.44. The zero-order valence-electron chi connectivity index (χ0n) is 17.1. The Kier molecular flexibility index (Phi) is 6.67. The number of ether oxygens (including phenoxy) is 1. The third kappa shape index (κ3) is 5.02. The molecular formula is C22H28FN3O3. The second-order valence-corrected chi connectivity index (χ2v) is 7.67. The van der Waals surface area contributed by atoms with Gasteiger partial charge in [-0.1, -0.05) is 12.1 Å². The van der Waals surface area contributed by atoms with Gasteiger partial charge in [-0.2, -0.15) is 5.10 Å². The third-order valence-corrected chi connectivity index (χ3v) is 5.56. The molecule has 2 aromatic rings. The molecule has 0 spiro atoms. The number of carbonyl (C=O) groups is 2. The topological polar surface area (TPSA) is 64.4 Å². The second kappa shape index (κ2) is 9.20. The van der Waals surface area contributed by atoms with Crippen LogP contribution in [0.25, 0.3) is 0 Å². The number of esters is 1. The maximum absolute atomic E-state index is 13.3. The quantitative estimate of drug-likeness (QED) is 0.669. The average Bonchev–Trinajstić information content (AvgIpc) is 3.13. The lowest BCUT2D eigenvalue weighted by molar-refractivity contribution is -0.160. The van der Waals surface area contributed by atoms with Crippen LogP contribution in [-0.4, -0.2) is 46.3 Å². The molecular weight excluding hydrogens is 373 g/mol. The minimum Gasteiger partial charge on any atom is -0.466 e. The molecule has 1 atom stereocenters. The van der Waals surface area contributed by atoms with E-state index in [-0.39, 0.29) is 24.3 Å². The summed E-state index contributed by atoms with van der Waals surface area (Å²) < 4.78 is 20.5. The molecule has 2 heterocycles. The summed E-state index contributed by atoms with van der Waals surface area (Å²) in [6, 6.07) is 8.08. The maximum Gasteiger partial charge on any atom is 0.314 e. The van der Waals surface area contributed by atoms with Crippen molar-refractivity contribution in [2.75, 3.05) is 19.7 Å².